The van der Waals surface area contributed by atoms with Crippen molar-refractivity contribution in [2.24, 2.45) is 0 Å². The summed E-state index contributed by atoms with van der Waals surface area (Å²) in [4.78, 5) is 11.4. The first-order chi connectivity index (χ1) is 8.40. The lowest BCUT2D eigenvalue weighted by Gasteiger charge is -2.19. The molecule has 1 atom stereocenters. The second-order valence-corrected chi connectivity index (χ2v) is 5.22. The van der Waals surface area contributed by atoms with Gasteiger partial charge < -0.3 is 20.8 Å². The Bertz CT molecular complexity index is 327. The number of alkyl carbamates (subject to hydrolysis) is 1. The van der Waals surface area contributed by atoms with Gasteiger partial charge in [-0.2, -0.15) is 0 Å². The van der Waals surface area contributed by atoms with Crippen LogP contribution in [0, 0.1) is 5.41 Å². The molecule has 1 amide bonds. The molecular weight excluding hydrogens is 232 g/mol. The normalized spacial score (nSPS) is 20.4. The van der Waals surface area contributed by atoms with Crippen LogP contribution in [0.5, 0.6) is 0 Å². The lowest BCUT2D eigenvalue weighted by molar-refractivity contribution is 0.0552. The van der Waals surface area contributed by atoms with Gasteiger partial charge in [0.05, 0.1) is 5.70 Å². The van der Waals surface area contributed by atoms with Gasteiger partial charge in [-0.3, -0.25) is 5.32 Å². The van der Waals surface area contributed by atoms with Gasteiger partial charge in [-0.15, -0.1) is 0 Å². The lowest BCUT2D eigenvalue weighted by atomic mass is 10.2. The van der Waals surface area contributed by atoms with Gasteiger partial charge in [-0.05, 0) is 33.7 Å². The molecule has 6 nitrogen and oxygen atoms in total. The molecule has 0 bridgehead atoms. The molecule has 0 aromatic rings. The van der Waals surface area contributed by atoms with Gasteiger partial charge in [0.25, 0.3) is 0 Å². The van der Waals surface area contributed by atoms with Gasteiger partial charge >= 0.3 is 6.09 Å². The molecule has 1 unspecified atom stereocenters. The molecular formula is C12H22N4O2. The van der Waals surface area contributed by atoms with Crippen LogP contribution < -0.4 is 16.0 Å². The zero-order valence-corrected chi connectivity index (χ0v) is 11.2. The highest BCUT2D eigenvalue weighted by atomic mass is 16.6. The number of carbonyl (C=O) groups excluding carboxylic acids is 1. The van der Waals surface area contributed by atoms with E-state index in [1.54, 1.807) is 20.8 Å². The van der Waals surface area contributed by atoms with Gasteiger partial charge in [-0.1, -0.05) is 0 Å². The van der Waals surface area contributed by atoms with E-state index in [0.29, 0.717) is 11.7 Å². The van der Waals surface area contributed by atoms with Gasteiger partial charge in [0.2, 0.25) is 0 Å². The van der Waals surface area contributed by atoms with Crippen LogP contribution in [0.3, 0.4) is 0 Å². The maximum absolute atomic E-state index is 11.4. The number of nitrogens with one attached hydrogen (secondary N) is 4. The molecule has 1 heterocycles. The molecule has 1 rings (SSSR count). The molecule has 0 spiro atoms. The van der Waals surface area contributed by atoms with Crippen molar-refractivity contribution >= 4 is 12.3 Å². The molecule has 1 saturated heterocycles. The van der Waals surface area contributed by atoms with Crippen LogP contribution >= 0.6 is 0 Å². The lowest BCUT2D eigenvalue weighted by Crippen LogP contribution is -2.34. The number of hydrogen-bond acceptors (Lipinski definition) is 5. The summed E-state index contributed by atoms with van der Waals surface area (Å²) in [5, 5.41) is 16.2. The van der Waals surface area contributed by atoms with Crippen molar-refractivity contribution in [2.75, 3.05) is 13.1 Å². The number of rotatable bonds is 4. The zero-order chi connectivity index (χ0) is 13.6. The minimum absolute atomic E-state index is 0.304. The van der Waals surface area contributed by atoms with Crippen molar-refractivity contribution in [3.05, 3.63) is 11.9 Å². The fraction of sp³-hybridized carbons (Fsp3) is 0.667. The van der Waals surface area contributed by atoms with Crippen LogP contribution in [-0.2, 0) is 4.74 Å². The predicted molar refractivity (Wildman–Crippen MR) is 70.6 cm³/mol. The molecule has 0 aromatic carbocycles. The largest absolute Gasteiger partial charge is 0.444 e. The molecule has 102 valence electrons. The van der Waals surface area contributed by atoms with Crippen molar-refractivity contribution < 1.29 is 9.53 Å². The average Bonchev–Trinajstić information content (AvgIpc) is 2.74. The van der Waals surface area contributed by atoms with Gasteiger partial charge in [0, 0.05) is 25.0 Å². The molecule has 18 heavy (non-hydrogen) atoms. The first-order valence-corrected chi connectivity index (χ1v) is 6.08. The van der Waals surface area contributed by atoms with Gasteiger partial charge in [-0.25, -0.2) is 4.79 Å². The Hall–Kier alpha value is -1.56. The van der Waals surface area contributed by atoms with Crippen LogP contribution in [-0.4, -0.2) is 37.0 Å². The Morgan fingerprint density at radius 2 is 2.22 bits per heavy atom. The summed E-state index contributed by atoms with van der Waals surface area (Å²) in [6.07, 6.45) is 3.13. The highest BCUT2D eigenvalue weighted by Crippen LogP contribution is 2.06. The van der Waals surface area contributed by atoms with Crippen LogP contribution in [0.2, 0.25) is 0 Å². The van der Waals surface area contributed by atoms with E-state index in [1.165, 1.54) is 12.4 Å². The van der Waals surface area contributed by atoms with E-state index in [-0.39, 0.29) is 0 Å². The Labute approximate surface area is 108 Å². The van der Waals surface area contributed by atoms with Crippen molar-refractivity contribution in [3.8, 4) is 0 Å². The molecule has 0 aliphatic carbocycles. The minimum Gasteiger partial charge on any atom is -0.444 e. The van der Waals surface area contributed by atoms with E-state index in [4.69, 9.17) is 10.1 Å². The molecule has 1 fully saturated rings. The Morgan fingerprint density at radius 3 is 2.72 bits per heavy atom. The second kappa shape index (κ2) is 6.39. The highest BCUT2D eigenvalue weighted by Gasteiger charge is 2.16. The third-order valence-corrected chi connectivity index (χ3v) is 2.33. The van der Waals surface area contributed by atoms with Crippen LogP contribution in [0.15, 0.2) is 11.9 Å². The van der Waals surface area contributed by atoms with E-state index in [0.717, 1.165) is 19.5 Å². The fourth-order valence-corrected chi connectivity index (χ4v) is 1.58. The monoisotopic (exact) mass is 254 g/mol. The van der Waals surface area contributed by atoms with Gasteiger partial charge in [0.1, 0.15) is 5.60 Å². The first kappa shape index (κ1) is 14.5. The first-order valence-electron chi connectivity index (χ1n) is 6.08. The standard InChI is InChI=1S/C12H22N4O2/c1-12(2,3)18-11(17)15-8-10(6-13)16-9-4-5-14-7-9/h6,8-9,13-14,16H,4-5,7H2,1-3H3,(H,15,17)/b10-8+,13-6?. The molecule has 4 N–H and O–H groups in total. The van der Waals surface area contributed by atoms with Crippen LogP contribution in [0.4, 0.5) is 4.79 Å². The van der Waals surface area contributed by atoms with Crippen molar-refractivity contribution in [1.29, 1.82) is 5.41 Å². The predicted octanol–water partition coefficient (Wildman–Crippen LogP) is 0.954. The summed E-state index contributed by atoms with van der Waals surface area (Å²) < 4.78 is 5.09. The Balaban J connectivity index is 2.41. The maximum atomic E-state index is 11.4. The maximum Gasteiger partial charge on any atom is 0.411 e. The Morgan fingerprint density at radius 1 is 1.50 bits per heavy atom. The quantitative estimate of drug-likeness (QED) is 0.563. The summed E-state index contributed by atoms with van der Waals surface area (Å²) >= 11 is 0. The molecule has 0 aromatic heterocycles. The number of allylic oxidation sites excluding steroid dienone is 1. The average molecular weight is 254 g/mol. The minimum atomic E-state index is -0.522. The summed E-state index contributed by atoms with van der Waals surface area (Å²) in [6.45, 7) is 7.25. The van der Waals surface area contributed by atoms with E-state index < -0.39 is 11.7 Å². The molecule has 6 heteroatoms. The second-order valence-electron chi connectivity index (χ2n) is 5.22. The molecule has 0 radical (unpaired) electrons. The molecule has 1 aliphatic heterocycles. The van der Waals surface area contributed by atoms with E-state index in [9.17, 15) is 4.79 Å². The fourth-order valence-electron chi connectivity index (χ4n) is 1.58. The third-order valence-electron chi connectivity index (χ3n) is 2.33. The van der Waals surface area contributed by atoms with Crippen LogP contribution in [0.25, 0.3) is 0 Å². The van der Waals surface area contributed by atoms with E-state index in [1.807, 2.05) is 0 Å². The topological polar surface area (TPSA) is 86.2 Å². The number of carbonyl (C=O) groups is 1. The van der Waals surface area contributed by atoms with Crippen molar-refractivity contribution in [3.63, 3.8) is 0 Å². The Kier molecular flexibility index (Phi) is 5.15. The van der Waals surface area contributed by atoms with E-state index in [2.05, 4.69) is 16.0 Å². The summed E-state index contributed by atoms with van der Waals surface area (Å²) in [5.41, 5.74) is 0.0422. The number of amides is 1. The van der Waals surface area contributed by atoms with Crippen molar-refractivity contribution in [2.45, 2.75) is 38.8 Å². The highest BCUT2D eigenvalue weighted by molar-refractivity contribution is 5.77. The van der Waals surface area contributed by atoms with Crippen molar-refractivity contribution in [1.82, 2.24) is 16.0 Å². The summed E-state index contributed by atoms with van der Waals surface area (Å²) in [6, 6.07) is 0.304. The molecule has 1 aliphatic rings. The smallest absolute Gasteiger partial charge is 0.411 e. The zero-order valence-electron chi connectivity index (χ0n) is 11.2. The SMILES string of the molecule is CC(C)(C)OC(=O)N/C=C(\C=N)NC1CCNC1. The van der Waals surface area contributed by atoms with E-state index >= 15 is 0 Å². The summed E-state index contributed by atoms with van der Waals surface area (Å²) in [7, 11) is 0. The third kappa shape index (κ3) is 5.67. The molecule has 0 saturated carbocycles. The summed E-state index contributed by atoms with van der Waals surface area (Å²) in [5.74, 6) is 0. The van der Waals surface area contributed by atoms with Gasteiger partial charge in [0.15, 0.2) is 0 Å². The number of hydrogen-bond donors (Lipinski definition) is 4. The number of ether oxygens (including phenoxy) is 1. The van der Waals surface area contributed by atoms with Crippen LogP contribution in [0.1, 0.15) is 27.2 Å².